The van der Waals surface area contributed by atoms with Gasteiger partial charge < -0.3 is 5.11 Å². The van der Waals surface area contributed by atoms with Crippen LogP contribution in [0.3, 0.4) is 0 Å². The summed E-state index contributed by atoms with van der Waals surface area (Å²) in [6.07, 6.45) is -0.213. The van der Waals surface area contributed by atoms with Gasteiger partial charge >= 0.3 is 0 Å². The zero-order valence-electron chi connectivity index (χ0n) is 5.26. The summed E-state index contributed by atoms with van der Waals surface area (Å²) in [6.45, 7) is 4.56. The molecule has 0 saturated carbocycles. The third kappa shape index (κ3) is 0.757. The number of nitrogens with zero attached hydrogens (tertiary/aromatic N) is 1. The number of hydrogen-bond acceptors (Lipinski definition) is 2. The number of aliphatic hydroxyl groups excluding tert-OH is 1. The first-order valence-corrected chi connectivity index (χ1v) is 2.91. The predicted molar refractivity (Wildman–Crippen MR) is 33.1 cm³/mol. The maximum atomic E-state index is 9.05. The average Bonchev–Trinajstić information content (AvgIpc) is 1.98. The Bertz CT molecular complexity index is 120. The topological polar surface area (TPSA) is 32.6 Å². The van der Waals surface area contributed by atoms with Crippen molar-refractivity contribution in [3.05, 3.63) is 0 Å². The van der Waals surface area contributed by atoms with Gasteiger partial charge in [0.15, 0.2) is 0 Å². The molecule has 0 radical (unpaired) electrons. The first-order valence-electron chi connectivity index (χ1n) is 2.91. The zero-order chi connectivity index (χ0) is 6.15. The van der Waals surface area contributed by atoms with E-state index in [0.29, 0.717) is 6.54 Å². The highest BCUT2D eigenvalue weighted by Crippen LogP contribution is 2.12. The van der Waals surface area contributed by atoms with Crippen molar-refractivity contribution in [1.82, 2.24) is 0 Å². The van der Waals surface area contributed by atoms with Gasteiger partial charge in [0.05, 0.1) is 12.6 Å². The lowest BCUT2D eigenvalue weighted by Crippen LogP contribution is -2.18. The molecule has 0 saturated heterocycles. The van der Waals surface area contributed by atoms with Crippen LogP contribution in [0.5, 0.6) is 0 Å². The molecule has 8 heavy (non-hydrogen) atoms. The lowest BCUT2D eigenvalue weighted by atomic mass is 10.0. The normalized spacial score (nSPS) is 37.6. The predicted octanol–water partition coefficient (Wildman–Crippen LogP) is 0.458. The molecular formula is C6H11NO. The molecule has 0 spiro atoms. The molecule has 1 N–H and O–H groups in total. The monoisotopic (exact) mass is 113 g/mol. The van der Waals surface area contributed by atoms with Gasteiger partial charge in [0, 0.05) is 11.6 Å². The van der Waals surface area contributed by atoms with E-state index in [1.54, 1.807) is 0 Å². The lowest BCUT2D eigenvalue weighted by molar-refractivity contribution is 0.164. The first-order chi connectivity index (χ1) is 3.72. The van der Waals surface area contributed by atoms with Gasteiger partial charge in [-0.05, 0) is 6.92 Å². The van der Waals surface area contributed by atoms with Crippen LogP contribution in [0.25, 0.3) is 0 Å². The van der Waals surface area contributed by atoms with Crippen LogP contribution in [-0.2, 0) is 0 Å². The van der Waals surface area contributed by atoms with Crippen molar-refractivity contribution in [3.8, 4) is 0 Å². The van der Waals surface area contributed by atoms with Crippen molar-refractivity contribution in [2.45, 2.75) is 20.0 Å². The van der Waals surface area contributed by atoms with Gasteiger partial charge in [-0.25, -0.2) is 0 Å². The van der Waals surface area contributed by atoms with E-state index in [4.69, 9.17) is 5.11 Å². The zero-order valence-corrected chi connectivity index (χ0v) is 5.26. The minimum absolute atomic E-state index is 0.213. The van der Waals surface area contributed by atoms with Crippen LogP contribution in [0, 0.1) is 5.92 Å². The van der Waals surface area contributed by atoms with Crippen LogP contribution in [0.4, 0.5) is 0 Å². The number of aliphatic hydroxyl groups is 1. The summed E-state index contributed by atoms with van der Waals surface area (Å²) in [6, 6.07) is 0. The fraction of sp³-hybridized carbons (Fsp3) is 0.833. The number of rotatable bonds is 0. The summed E-state index contributed by atoms with van der Waals surface area (Å²) in [5, 5.41) is 9.05. The van der Waals surface area contributed by atoms with Crippen molar-refractivity contribution in [3.63, 3.8) is 0 Å². The molecule has 0 amide bonds. The van der Waals surface area contributed by atoms with Crippen LogP contribution in [-0.4, -0.2) is 23.5 Å². The quantitative estimate of drug-likeness (QED) is 0.486. The maximum Gasteiger partial charge on any atom is 0.0812 e. The van der Waals surface area contributed by atoms with Crippen LogP contribution in [0.1, 0.15) is 13.8 Å². The summed E-state index contributed by atoms with van der Waals surface area (Å²) in [5.41, 5.74) is 1.08. The van der Waals surface area contributed by atoms with Crippen LogP contribution < -0.4 is 0 Å². The van der Waals surface area contributed by atoms with Crippen LogP contribution in [0.15, 0.2) is 4.99 Å². The van der Waals surface area contributed by atoms with E-state index >= 15 is 0 Å². The molecule has 46 valence electrons. The molecular weight excluding hydrogens is 102 g/mol. The van der Waals surface area contributed by atoms with Gasteiger partial charge in [0.1, 0.15) is 0 Å². The van der Waals surface area contributed by atoms with Crippen LogP contribution >= 0.6 is 0 Å². The second-order valence-electron chi connectivity index (χ2n) is 2.34. The molecule has 2 atom stereocenters. The maximum absolute atomic E-state index is 9.05. The molecule has 1 aliphatic heterocycles. The van der Waals surface area contributed by atoms with Gasteiger partial charge in [-0.1, -0.05) is 6.92 Å². The molecule has 2 heteroatoms. The van der Waals surface area contributed by atoms with Crippen molar-refractivity contribution in [2.75, 3.05) is 6.54 Å². The number of aliphatic imine (C=N–C) groups is 1. The fourth-order valence-corrected chi connectivity index (χ4v) is 0.818. The Labute approximate surface area is 49.2 Å². The average molecular weight is 113 g/mol. The van der Waals surface area contributed by atoms with E-state index in [9.17, 15) is 0 Å². The van der Waals surface area contributed by atoms with Gasteiger partial charge in [-0.3, -0.25) is 4.99 Å². The van der Waals surface area contributed by atoms with E-state index < -0.39 is 0 Å². The minimum atomic E-state index is -0.213. The molecule has 0 bridgehead atoms. The van der Waals surface area contributed by atoms with E-state index in [2.05, 4.69) is 4.99 Å². The second-order valence-corrected chi connectivity index (χ2v) is 2.34. The molecule has 0 fully saturated rings. The largest absolute Gasteiger partial charge is 0.391 e. The molecule has 1 heterocycles. The van der Waals surface area contributed by atoms with E-state index in [1.165, 1.54) is 0 Å². The van der Waals surface area contributed by atoms with Crippen molar-refractivity contribution in [2.24, 2.45) is 10.9 Å². The summed E-state index contributed by atoms with van der Waals surface area (Å²) in [4.78, 5) is 4.06. The summed E-state index contributed by atoms with van der Waals surface area (Å²) < 4.78 is 0. The van der Waals surface area contributed by atoms with E-state index in [0.717, 1.165) is 5.71 Å². The first kappa shape index (κ1) is 5.76. The minimum Gasteiger partial charge on any atom is -0.391 e. The fourth-order valence-electron chi connectivity index (χ4n) is 0.818. The molecule has 0 aromatic rings. The second kappa shape index (κ2) is 1.86. The molecule has 0 aliphatic carbocycles. The molecule has 1 aliphatic rings. The van der Waals surface area contributed by atoms with Crippen molar-refractivity contribution in [1.29, 1.82) is 0 Å². The summed E-state index contributed by atoms with van der Waals surface area (Å²) in [7, 11) is 0. The van der Waals surface area contributed by atoms with Crippen molar-refractivity contribution < 1.29 is 5.11 Å². The third-order valence-electron chi connectivity index (χ3n) is 1.76. The highest BCUT2D eigenvalue weighted by molar-refractivity contribution is 5.86. The molecule has 2 nitrogen and oxygen atoms in total. The van der Waals surface area contributed by atoms with Crippen molar-refractivity contribution >= 4 is 5.71 Å². The molecule has 0 aromatic heterocycles. The summed E-state index contributed by atoms with van der Waals surface area (Å²) in [5.74, 6) is 0.287. The Balaban J connectivity index is 2.59. The van der Waals surface area contributed by atoms with Crippen LogP contribution in [0.2, 0.25) is 0 Å². The molecule has 0 aromatic carbocycles. The van der Waals surface area contributed by atoms with E-state index in [1.807, 2.05) is 13.8 Å². The Hall–Kier alpha value is -0.370. The highest BCUT2D eigenvalue weighted by Gasteiger charge is 2.21. The third-order valence-corrected chi connectivity index (χ3v) is 1.76. The van der Waals surface area contributed by atoms with Gasteiger partial charge in [-0.2, -0.15) is 0 Å². The van der Waals surface area contributed by atoms with Gasteiger partial charge in [0.25, 0.3) is 0 Å². The highest BCUT2D eigenvalue weighted by atomic mass is 16.3. The molecule has 0 unspecified atom stereocenters. The lowest BCUT2D eigenvalue weighted by Gasteiger charge is -2.05. The Morgan fingerprint density at radius 1 is 1.75 bits per heavy atom. The standard InChI is InChI=1S/C6H11NO/c1-4-5(2)7-3-6(4)8/h4,6,8H,3H2,1-2H3/t4-,6-/m0/s1. The van der Waals surface area contributed by atoms with E-state index in [-0.39, 0.29) is 12.0 Å². The number of hydrogen-bond donors (Lipinski definition) is 1. The Morgan fingerprint density at radius 2 is 2.38 bits per heavy atom. The summed E-state index contributed by atoms with van der Waals surface area (Å²) >= 11 is 0. The smallest absolute Gasteiger partial charge is 0.0812 e. The van der Waals surface area contributed by atoms with Gasteiger partial charge in [0.2, 0.25) is 0 Å². The molecule has 1 rings (SSSR count). The Kier molecular flexibility index (Phi) is 1.34. The SMILES string of the molecule is CC1=NC[C@H](O)[C@H]1C. The Morgan fingerprint density at radius 3 is 2.50 bits per heavy atom. The van der Waals surface area contributed by atoms with Gasteiger partial charge in [-0.15, -0.1) is 0 Å².